The van der Waals surface area contributed by atoms with Crippen molar-refractivity contribution in [3.63, 3.8) is 0 Å². The Bertz CT molecular complexity index is 1360. The van der Waals surface area contributed by atoms with Crippen LogP contribution < -0.4 is 5.56 Å². The van der Waals surface area contributed by atoms with Gasteiger partial charge in [-0.1, -0.05) is 6.07 Å². The van der Waals surface area contributed by atoms with Crippen LogP contribution in [-0.2, 0) is 12.7 Å². The van der Waals surface area contributed by atoms with E-state index in [-0.39, 0.29) is 28.9 Å². The second kappa shape index (κ2) is 8.91. The molecule has 3 aromatic rings. The highest BCUT2D eigenvalue weighted by Gasteiger charge is 2.38. The summed E-state index contributed by atoms with van der Waals surface area (Å²) in [6.07, 6.45) is -1.02. The molecule has 2 heterocycles. The first kappa shape index (κ1) is 23.1. The van der Waals surface area contributed by atoms with E-state index >= 15 is 0 Å². The van der Waals surface area contributed by atoms with E-state index in [1.165, 1.54) is 19.3 Å². The average molecular weight is 457 g/mol. The summed E-state index contributed by atoms with van der Waals surface area (Å²) in [5.74, 6) is -0.554. The van der Waals surface area contributed by atoms with Crippen molar-refractivity contribution in [3.8, 4) is 11.9 Å². The van der Waals surface area contributed by atoms with Crippen molar-refractivity contribution in [1.82, 2.24) is 9.55 Å². The SMILES string of the molecule is Cc1c(C=Nc2ccc([N+](=O)[O-])c(C(F)(F)F)c2)c(O)n(Cc2cccnc2)c(=O)c1C#N. The van der Waals surface area contributed by atoms with Crippen LogP contribution in [-0.4, -0.2) is 25.8 Å². The number of hydrogen-bond acceptors (Lipinski definition) is 7. The molecule has 12 heteroatoms. The van der Waals surface area contributed by atoms with Crippen LogP contribution >= 0.6 is 0 Å². The molecular weight excluding hydrogens is 443 g/mol. The van der Waals surface area contributed by atoms with Crippen LogP contribution in [0.3, 0.4) is 0 Å². The number of alkyl halides is 3. The zero-order valence-corrected chi connectivity index (χ0v) is 16.9. The summed E-state index contributed by atoms with van der Waals surface area (Å²) in [6.45, 7) is 1.26. The Morgan fingerprint density at radius 2 is 2.09 bits per heavy atom. The molecular formula is C21H14F3N5O4. The van der Waals surface area contributed by atoms with Gasteiger partial charge in [0.05, 0.1) is 22.7 Å². The molecule has 3 rings (SSSR count). The molecule has 0 saturated heterocycles. The fraction of sp³-hybridized carbons (Fsp3) is 0.143. The van der Waals surface area contributed by atoms with Crippen LogP contribution in [0.1, 0.15) is 27.8 Å². The maximum Gasteiger partial charge on any atom is 0.423 e. The van der Waals surface area contributed by atoms with E-state index in [4.69, 9.17) is 0 Å². The largest absolute Gasteiger partial charge is 0.494 e. The van der Waals surface area contributed by atoms with Gasteiger partial charge in [-0.2, -0.15) is 18.4 Å². The minimum atomic E-state index is -4.99. The molecule has 1 aromatic carbocycles. The van der Waals surface area contributed by atoms with Crippen LogP contribution in [0, 0.1) is 28.4 Å². The zero-order valence-electron chi connectivity index (χ0n) is 16.9. The maximum absolute atomic E-state index is 13.2. The lowest BCUT2D eigenvalue weighted by Crippen LogP contribution is -2.26. The van der Waals surface area contributed by atoms with Gasteiger partial charge in [0, 0.05) is 24.7 Å². The smallest absolute Gasteiger partial charge is 0.423 e. The van der Waals surface area contributed by atoms with Crippen molar-refractivity contribution >= 4 is 17.6 Å². The quantitative estimate of drug-likeness (QED) is 0.351. The molecule has 0 radical (unpaired) electrons. The van der Waals surface area contributed by atoms with Gasteiger partial charge in [-0.25, -0.2) is 0 Å². The zero-order chi connectivity index (χ0) is 24.3. The van der Waals surface area contributed by atoms with E-state index in [9.17, 15) is 38.4 Å². The molecule has 0 spiro atoms. The first-order chi connectivity index (χ1) is 15.5. The summed E-state index contributed by atoms with van der Waals surface area (Å²) in [7, 11) is 0. The second-order valence-electron chi connectivity index (χ2n) is 6.82. The minimum absolute atomic E-state index is 0.0676. The number of nitro benzene ring substituents is 1. The first-order valence-corrected chi connectivity index (χ1v) is 9.19. The number of nitrogens with zero attached hydrogens (tertiary/aromatic N) is 5. The van der Waals surface area contributed by atoms with Crippen LogP contribution in [0.2, 0.25) is 0 Å². The summed E-state index contributed by atoms with van der Waals surface area (Å²) in [5.41, 5.74) is -3.38. The van der Waals surface area contributed by atoms with Gasteiger partial charge in [-0.15, -0.1) is 0 Å². The number of aromatic hydroxyl groups is 1. The van der Waals surface area contributed by atoms with E-state index in [1.54, 1.807) is 18.2 Å². The van der Waals surface area contributed by atoms with E-state index in [0.29, 0.717) is 17.7 Å². The number of benzene rings is 1. The highest BCUT2D eigenvalue weighted by Crippen LogP contribution is 2.38. The number of halogens is 3. The molecule has 0 atom stereocenters. The highest BCUT2D eigenvalue weighted by molar-refractivity contribution is 5.87. The summed E-state index contributed by atoms with van der Waals surface area (Å²) >= 11 is 0. The number of nitriles is 1. The van der Waals surface area contributed by atoms with Gasteiger partial charge in [0.1, 0.15) is 17.2 Å². The second-order valence-corrected chi connectivity index (χ2v) is 6.82. The molecule has 0 saturated carbocycles. The maximum atomic E-state index is 13.2. The van der Waals surface area contributed by atoms with Crippen molar-refractivity contribution in [3.05, 3.63) is 91.0 Å². The van der Waals surface area contributed by atoms with Crippen LogP contribution in [0.15, 0.2) is 52.5 Å². The van der Waals surface area contributed by atoms with Crippen molar-refractivity contribution in [2.75, 3.05) is 0 Å². The Morgan fingerprint density at radius 3 is 2.67 bits per heavy atom. The predicted molar refractivity (Wildman–Crippen MR) is 111 cm³/mol. The monoisotopic (exact) mass is 457 g/mol. The van der Waals surface area contributed by atoms with E-state index in [2.05, 4.69) is 9.98 Å². The van der Waals surface area contributed by atoms with Crippen molar-refractivity contribution in [2.45, 2.75) is 19.6 Å². The molecule has 0 bridgehead atoms. The molecule has 0 unspecified atom stereocenters. The molecule has 33 heavy (non-hydrogen) atoms. The molecule has 2 aromatic heterocycles. The molecule has 0 fully saturated rings. The third-order valence-electron chi connectivity index (χ3n) is 4.73. The van der Waals surface area contributed by atoms with E-state index in [0.717, 1.165) is 16.8 Å². The Labute approximate surface area is 183 Å². The molecule has 1 N–H and O–H groups in total. The van der Waals surface area contributed by atoms with Gasteiger partial charge in [-0.3, -0.25) is 29.5 Å². The lowest BCUT2D eigenvalue weighted by atomic mass is 10.1. The highest BCUT2D eigenvalue weighted by atomic mass is 19.4. The fourth-order valence-electron chi connectivity index (χ4n) is 3.08. The number of rotatable bonds is 5. The van der Waals surface area contributed by atoms with E-state index < -0.39 is 33.8 Å². The van der Waals surface area contributed by atoms with Gasteiger partial charge < -0.3 is 5.11 Å². The third kappa shape index (κ3) is 4.72. The summed E-state index contributed by atoms with van der Waals surface area (Å²) in [6, 6.07) is 7.20. The number of nitro groups is 1. The molecule has 0 amide bonds. The normalized spacial score (nSPS) is 11.5. The van der Waals surface area contributed by atoms with Crippen molar-refractivity contribution in [1.29, 1.82) is 5.26 Å². The number of aromatic nitrogens is 2. The van der Waals surface area contributed by atoms with Crippen molar-refractivity contribution in [2.24, 2.45) is 4.99 Å². The predicted octanol–water partition coefficient (Wildman–Crippen LogP) is 3.85. The van der Waals surface area contributed by atoms with Crippen LogP contribution in [0.5, 0.6) is 5.88 Å². The Hall–Kier alpha value is -4.53. The Morgan fingerprint density at radius 1 is 1.36 bits per heavy atom. The number of hydrogen-bond donors (Lipinski definition) is 1. The minimum Gasteiger partial charge on any atom is -0.494 e. The lowest BCUT2D eigenvalue weighted by molar-refractivity contribution is -0.388. The van der Waals surface area contributed by atoms with Gasteiger partial charge in [0.25, 0.3) is 11.2 Å². The Balaban J connectivity index is 2.12. The van der Waals surface area contributed by atoms with Crippen LogP contribution in [0.25, 0.3) is 0 Å². The molecule has 0 aliphatic rings. The first-order valence-electron chi connectivity index (χ1n) is 9.19. The molecule has 0 aliphatic heterocycles. The van der Waals surface area contributed by atoms with Gasteiger partial charge in [0.2, 0.25) is 5.88 Å². The lowest BCUT2D eigenvalue weighted by Gasteiger charge is -2.14. The van der Waals surface area contributed by atoms with Gasteiger partial charge in [-0.05, 0) is 36.2 Å². The number of pyridine rings is 2. The van der Waals surface area contributed by atoms with Gasteiger partial charge >= 0.3 is 6.18 Å². The third-order valence-corrected chi connectivity index (χ3v) is 4.73. The summed E-state index contributed by atoms with van der Waals surface area (Å²) in [4.78, 5) is 30.2. The van der Waals surface area contributed by atoms with E-state index in [1.807, 2.05) is 0 Å². The summed E-state index contributed by atoms with van der Waals surface area (Å²) < 4.78 is 40.5. The molecule has 168 valence electrons. The standard InChI is InChI=1S/C21H14F3N5O4/c1-12-15(8-25)19(30)28(11-13-3-2-6-26-9-13)20(31)16(12)10-27-14-4-5-18(29(32)33)17(7-14)21(22,23)24/h2-7,9-10,31H,11H2,1H3. The average Bonchev–Trinajstić information content (AvgIpc) is 2.77. The van der Waals surface area contributed by atoms with Crippen molar-refractivity contribution < 1.29 is 23.2 Å². The van der Waals surface area contributed by atoms with Crippen LogP contribution in [0.4, 0.5) is 24.5 Å². The fourth-order valence-corrected chi connectivity index (χ4v) is 3.08. The number of aliphatic imine (C=N–C) groups is 1. The molecule has 0 aliphatic carbocycles. The Kier molecular flexibility index (Phi) is 6.25. The topological polar surface area (TPSA) is 134 Å². The van der Waals surface area contributed by atoms with Gasteiger partial charge in [0.15, 0.2) is 0 Å². The summed E-state index contributed by atoms with van der Waals surface area (Å²) in [5, 5.41) is 31.0. The molecule has 9 nitrogen and oxygen atoms in total.